The number of nitrogens with zero attached hydrogens (tertiary/aromatic N) is 1. The van der Waals surface area contributed by atoms with E-state index in [2.05, 4.69) is 4.84 Å². The monoisotopic (exact) mass is 117 g/mol. The standard InChI is InChI=1S/C4H7NO3/c1-2-5-3(8-5)4(6)7/h3H,2H2,1H3,(H,6,7). The number of hydrogen-bond donors (Lipinski definition) is 1. The highest BCUT2D eigenvalue weighted by Gasteiger charge is 2.41. The Balaban J connectivity index is 2.26. The summed E-state index contributed by atoms with van der Waals surface area (Å²) >= 11 is 0. The Morgan fingerprint density at radius 3 is 2.75 bits per heavy atom. The van der Waals surface area contributed by atoms with Crippen LogP contribution < -0.4 is 0 Å². The van der Waals surface area contributed by atoms with Gasteiger partial charge in [0.25, 0.3) is 6.23 Å². The Morgan fingerprint density at radius 1 is 2.00 bits per heavy atom. The van der Waals surface area contributed by atoms with Crippen molar-refractivity contribution < 1.29 is 14.7 Å². The van der Waals surface area contributed by atoms with Crippen molar-refractivity contribution in [2.24, 2.45) is 0 Å². The minimum Gasteiger partial charge on any atom is -0.478 e. The third-order valence-electron chi connectivity index (χ3n) is 0.974. The Kier molecular flexibility index (Phi) is 1.19. The van der Waals surface area contributed by atoms with Crippen molar-refractivity contribution in [1.82, 2.24) is 5.06 Å². The summed E-state index contributed by atoms with van der Waals surface area (Å²) in [6.45, 7) is 2.47. The summed E-state index contributed by atoms with van der Waals surface area (Å²) in [4.78, 5) is 14.5. The molecule has 46 valence electrons. The van der Waals surface area contributed by atoms with Crippen LogP contribution >= 0.6 is 0 Å². The molecule has 1 heterocycles. The van der Waals surface area contributed by atoms with E-state index < -0.39 is 12.2 Å². The van der Waals surface area contributed by atoms with Gasteiger partial charge in [-0.25, -0.2) is 4.79 Å². The fourth-order valence-electron chi connectivity index (χ4n) is 0.510. The number of aliphatic carboxylic acids is 1. The number of carboxylic acid groups (broad SMARTS) is 1. The van der Waals surface area contributed by atoms with Crippen LogP contribution in [0.4, 0.5) is 0 Å². The lowest BCUT2D eigenvalue weighted by molar-refractivity contribution is -0.138. The van der Waals surface area contributed by atoms with Gasteiger partial charge in [-0.05, 0) is 6.92 Å². The summed E-state index contributed by atoms with van der Waals surface area (Å²) in [6, 6.07) is 0. The average molecular weight is 117 g/mol. The molecule has 0 bridgehead atoms. The predicted octanol–water partition coefficient (Wildman–Crippen LogP) is -0.336. The van der Waals surface area contributed by atoms with E-state index in [1.54, 1.807) is 0 Å². The van der Waals surface area contributed by atoms with Gasteiger partial charge < -0.3 is 5.11 Å². The molecule has 1 aliphatic heterocycles. The minimum absolute atomic E-state index is 0.636. The van der Waals surface area contributed by atoms with E-state index in [-0.39, 0.29) is 0 Å². The lowest BCUT2D eigenvalue weighted by atomic mass is 10.6. The van der Waals surface area contributed by atoms with Gasteiger partial charge in [-0.3, -0.25) is 4.84 Å². The second-order valence-corrected chi connectivity index (χ2v) is 1.53. The zero-order chi connectivity index (χ0) is 6.15. The van der Waals surface area contributed by atoms with Gasteiger partial charge in [0.15, 0.2) is 0 Å². The van der Waals surface area contributed by atoms with Gasteiger partial charge >= 0.3 is 5.97 Å². The lowest BCUT2D eigenvalue weighted by Crippen LogP contribution is -2.10. The molecule has 4 nitrogen and oxygen atoms in total. The van der Waals surface area contributed by atoms with Gasteiger partial charge in [-0.2, -0.15) is 0 Å². The molecule has 1 saturated heterocycles. The van der Waals surface area contributed by atoms with Gasteiger partial charge in [0, 0.05) is 6.54 Å². The molecule has 2 atom stereocenters. The molecule has 0 aromatic heterocycles. The zero-order valence-electron chi connectivity index (χ0n) is 4.50. The van der Waals surface area contributed by atoms with Crippen molar-refractivity contribution in [2.45, 2.75) is 13.2 Å². The molecule has 4 heteroatoms. The normalized spacial score (nSPS) is 34.6. The maximum Gasteiger partial charge on any atom is 0.352 e. The van der Waals surface area contributed by atoms with Crippen molar-refractivity contribution in [3.8, 4) is 0 Å². The van der Waals surface area contributed by atoms with Gasteiger partial charge in [0.05, 0.1) is 0 Å². The van der Waals surface area contributed by atoms with Gasteiger partial charge in [-0.1, -0.05) is 0 Å². The molecule has 1 fully saturated rings. The molecular weight excluding hydrogens is 110 g/mol. The predicted molar refractivity (Wildman–Crippen MR) is 24.9 cm³/mol. The molecule has 0 aromatic rings. The van der Waals surface area contributed by atoms with Crippen molar-refractivity contribution >= 4 is 5.97 Å². The Bertz CT molecular complexity index is 114. The molecule has 1 N–H and O–H groups in total. The summed E-state index contributed by atoms with van der Waals surface area (Å²) < 4.78 is 0. The van der Waals surface area contributed by atoms with E-state index in [9.17, 15) is 4.79 Å². The average Bonchev–Trinajstić information content (AvgIpc) is 2.42. The Morgan fingerprint density at radius 2 is 2.62 bits per heavy atom. The molecule has 1 aliphatic rings. The number of likely N-dealkylation sites (N-methyl/N-ethyl adjacent to an activating group) is 1. The largest absolute Gasteiger partial charge is 0.478 e. The maximum absolute atomic E-state index is 9.96. The molecule has 2 unspecified atom stereocenters. The van der Waals surface area contributed by atoms with Gasteiger partial charge in [0.1, 0.15) is 0 Å². The van der Waals surface area contributed by atoms with E-state index in [0.29, 0.717) is 6.54 Å². The molecule has 0 amide bonds. The van der Waals surface area contributed by atoms with Gasteiger partial charge in [-0.15, -0.1) is 5.06 Å². The first kappa shape index (κ1) is 5.53. The summed E-state index contributed by atoms with van der Waals surface area (Å²) in [6.07, 6.45) is -0.667. The number of hydrogen-bond acceptors (Lipinski definition) is 3. The summed E-state index contributed by atoms with van der Waals surface area (Å²) in [7, 11) is 0. The summed E-state index contributed by atoms with van der Waals surface area (Å²) in [5, 5.41) is 9.58. The van der Waals surface area contributed by atoms with Crippen molar-refractivity contribution in [3.63, 3.8) is 0 Å². The molecule has 0 spiro atoms. The molecule has 8 heavy (non-hydrogen) atoms. The molecule has 0 saturated carbocycles. The number of hydroxylamine groups is 2. The number of carbonyl (C=O) groups is 1. The topological polar surface area (TPSA) is 52.8 Å². The van der Waals surface area contributed by atoms with Crippen molar-refractivity contribution in [3.05, 3.63) is 0 Å². The van der Waals surface area contributed by atoms with Gasteiger partial charge in [0.2, 0.25) is 0 Å². The van der Waals surface area contributed by atoms with Crippen molar-refractivity contribution in [2.75, 3.05) is 6.54 Å². The van der Waals surface area contributed by atoms with Crippen LogP contribution in [-0.2, 0) is 9.63 Å². The number of rotatable bonds is 2. The van der Waals surface area contributed by atoms with Crippen LogP contribution in [0.5, 0.6) is 0 Å². The lowest BCUT2D eigenvalue weighted by Gasteiger charge is -1.82. The van der Waals surface area contributed by atoms with Crippen LogP contribution in [-0.4, -0.2) is 28.9 Å². The zero-order valence-corrected chi connectivity index (χ0v) is 4.50. The first-order valence-corrected chi connectivity index (χ1v) is 2.42. The summed E-state index contributed by atoms with van der Waals surface area (Å²) in [5.41, 5.74) is 0. The van der Waals surface area contributed by atoms with Crippen molar-refractivity contribution in [1.29, 1.82) is 0 Å². The Hall–Kier alpha value is -0.610. The van der Waals surface area contributed by atoms with Crippen LogP contribution in [0.2, 0.25) is 0 Å². The second kappa shape index (κ2) is 1.72. The smallest absolute Gasteiger partial charge is 0.352 e. The van der Waals surface area contributed by atoms with Crippen LogP contribution in [0.25, 0.3) is 0 Å². The molecule has 1 rings (SSSR count). The maximum atomic E-state index is 9.96. The fourth-order valence-corrected chi connectivity index (χ4v) is 0.510. The third-order valence-corrected chi connectivity index (χ3v) is 0.974. The Labute approximate surface area is 46.6 Å². The first-order chi connectivity index (χ1) is 3.75. The van der Waals surface area contributed by atoms with E-state index in [1.807, 2.05) is 6.92 Å². The highest BCUT2D eigenvalue weighted by atomic mass is 16.8. The quantitative estimate of drug-likeness (QED) is 0.503. The van der Waals surface area contributed by atoms with Crippen LogP contribution in [0.15, 0.2) is 0 Å². The fraction of sp³-hybridized carbons (Fsp3) is 0.750. The highest BCUT2D eigenvalue weighted by molar-refractivity contribution is 5.73. The third kappa shape index (κ3) is 0.801. The van der Waals surface area contributed by atoms with E-state index in [1.165, 1.54) is 5.06 Å². The SMILES string of the molecule is CCN1OC1C(=O)O. The highest BCUT2D eigenvalue weighted by Crippen LogP contribution is 2.17. The van der Waals surface area contributed by atoms with Crippen LogP contribution in [0.1, 0.15) is 6.92 Å². The minimum atomic E-state index is -0.910. The summed E-state index contributed by atoms with van der Waals surface area (Å²) in [5.74, 6) is -0.910. The first-order valence-electron chi connectivity index (χ1n) is 2.42. The van der Waals surface area contributed by atoms with E-state index in [0.717, 1.165) is 0 Å². The van der Waals surface area contributed by atoms with E-state index >= 15 is 0 Å². The van der Waals surface area contributed by atoms with E-state index in [4.69, 9.17) is 5.11 Å². The second-order valence-electron chi connectivity index (χ2n) is 1.53. The molecular formula is C4H7NO3. The number of carboxylic acids is 1. The molecule has 0 radical (unpaired) electrons. The van der Waals surface area contributed by atoms with Crippen LogP contribution in [0.3, 0.4) is 0 Å². The van der Waals surface area contributed by atoms with Crippen LogP contribution in [0, 0.1) is 0 Å². The molecule has 0 aromatic carbocycles. The molecule has 0 aliphatic carbocycles.